The lowest BCUT2D eigenvalue weighted by molar-refractivity contribution is 0.145. The Morgan fingerprint density at radius 1 is 1.41 bits per heavy atom. The third kappa shape index (κ3) is 3.50. The van der Waals surface area contributed by atoms with E-state index in [4.69, 9.17) is 0 Å². The molecule has 1 saturated heterocycles. The Morgan fingerprint density at radius 2 is 2.12 bits per heavy atom. The third-order valence-electron chi connectivity index (χ3n) is 3.74. The third-order valence-corrected chi connectivity index (χ3v) is 4.21. The summed E-state index contributed by atoms with van der Waals surface area (Å²) in [5, 5.41) is 3.42. The average molecular weight is 298 g/mol. The van der Waals surface area contributed by atoms with Crippen molar-refractivity contribution in [3.63, 3.8) is 0 Å². The highest BCUT2D eigenvalue weighted by Gasteiger charge is 2.28. The Hall–Kier alpha value is -0.450. The van der Waals surface area contributed by atoms with E-state index < -0.39 is 0 Å². The molecule has 2 heterocycles. The van der Waals surface area contributed by atoms with Crippen molar-refractivity contribution in [3.05, 3.63) is 28.5 Å². The molecule has 1 aliphatic rings. The first-order chi connectivity index (χ1) is 8.11. The Bertz CT molecular complexity index is 355. The number of piperidine rings is 1. The fourth-order valence-electron chi connectivity index (χ4n) is 2.18. The van der Waals surface area contributed by atoms with Gasteiger partial charge in [-0.2, -0.15) is 0 Å². The van der Waals surface area contributed by atoms with Crippen molar-refractivity contribution < 1.29 is 0 Å². The van der Waals surface area contributed by atoms with Crippen LogP contribution >= 0.6 is 15.9 Å². The van der Waals surface area contributed by atoms with E-state index in [2.05, 4.69) is 57.2 Å². The summed E-state index contributed by atoms with van der Waals surface area (Å²) in [6, 6.07) is 4.15. The number of aromatic nitrogens is 1. The monoisotopic (exact) mass is 297 g/mol. The summed E-state index contributed by atoms with van der Waals surface area (Å²) in [5.74, 6) is 0. The van der Waals surface area contributed by atoms with Gasteiger partial charge in [-0.15, -0.1) is 0 Å². The van der Waals surface area contributed by atoms with Gasteiger partial charge in [0.1, 0.15) is 0 Å². The van der Waals surface area contributed by atoms with E-state index in [1.807, 2.05) is 6.20 Å². The molecule has 0 unspecified atom stereocenters. The van der Waals surface area contributed by atoms with E-state index in [-0.39, 0.29) is 0 Å². The van der Waals surface area contributed by atoms with Gasteiger partial charge in [0.05, 0.1) is 5.69 Å². The van der Waals surface area contributed by atoms with Crippen LogP contribution in [0.4, 0.5) is 0 Å². The molecule has 3 nitrogen and oxygen atoms in total. The molecule has 94 valence electrons. The molecule has 1 fully saturated rings. The molecule has 0 amide bonds. The van der Waals surface area contributed by atoms with Gasteiger partial charge in [-0.05, 0) is 54.9 Å². The van der Waals surface area contributed by atoms with Gasteiger partial charge in [0, 0.05) is 35.8 Å². The molecule has 1 N–H and O–H groups in total. The summed E-state index contributed by atoms with van der Waals surface area (Å²) in [7, 11) is 2.06. The van der Waals surface area contributed by atoms with Crippen LogP contribution < -0.4 is 5.32 Å². The number of halogens is 1. The van der Waals surface area contributed by atoms with Crippen molar-refractivity contribution in [2.45, 2.75) is 31.8 Å². The maximum absolute atomic E-state index is 4.42. The van der Waals surface area contributed by atoms with Gasteiger partial charge in [-0.1, -0.05) is 0 Å². The number of pyridine rings is 1. The maximum atomic E-state index is 4.42. The second-order valence-corrected chi connectivity index (χ2v) is 5.97. The van der Waals surface area contributed by atoms with Crippen molar-refractivity contribution >= 4 is 15.9 Å². The lowest BCUT2D eigenvalue weighted by Crippen LogP contribution is -2.49. The van der Waals surface area contributed by atoms with Crippen molar-refractivity contribution in [2.24, 2.45) is 0 Å². The van der Waals surface area contributed by atoms with Crippen LogP contribution in [0.15, 0.2) is 22.8 Å². The molecule has 0 aliphatic carbocycles. The first kappa shape index (κ1) is 13.0. The topological polar surface area (TPSA) is 28.2 Å². The fraction of sp³-hybridized carbons (Fsp3) is 0.615. The van der Waals surface area contributed by atoms with E-state index in [1.165, 1.54) is 12.8 Å². The van der Waals surface area contributed by atoms with Crippen LogP contribution in [0.2, 0.25) is 0 Å². The molecule has 0 aromatic carbocycles. The van der Waals surface area contributed by atoms with Crippen molar-refractivity contribution in [3.8, 4) is 0 Å². The normalized spacial score (nSPS) is 20.4. The zero-order chi connectivity index (χ0) is 12.3. The van der Waals surface area contributed by atoms with Gasteiger partial charge in [-0.3, -0.25) is 9.88 Å². The number of nitrogens with zero attached hydrogens (tertiary/aromatic N) is 2. The first-order valence-corrected chi connectivity index (χ1v) is 6.92. The molecule has 1 aromatic rings. The minimum absolute atomic E-state index is 0.323. The highest BCUT2D eigenvalue weighted by Crippen LogP contribution is 2.22. The molecular formula is C13H20BrN3. The summed E-state index contributed by atoms with van der Waals surface area (Å²) in [6.07, 6.45) is 4.29. The molecule has 0 spiro atoms. The van der Waals surface area contributed by atoms with E-state index in [9.17, 15) is 0 Å². The number of nitrogens with one attached hydrogen (secondary N) is 1. The van der Waals surface area contributed by atoms with Crippen LogP contribution in [0, 0.1) is 0 Å². The minimum Gasteiger partial charge on any atom is -0.314 e. The van der Waals surface area contributed by atoms with Gasteiger partial charge in [0.25, 0.3) is 0 Å². The number of hydrogen-bond acceptors (Lipinski definition) is 3. The molecule has 1 aromatic heterocycles. The number of hydrogen-bond donors (Lipinski definition) is 1. The minimum atomic E-state index is 0.323. The van der Waals surface area contributed by atoms with Crippen LogP contribution in [0.3, 0.4) is 0 Å². The summed E-state index contributed by atoms with van der Waals surface area (Å²) in [6.45, 7) is 5.57. The fourth-order valence-corrected chi connectivity index (χ4v) is 2.42. The predicted molar refractivity (Wildman–Crippen MR) is 73.9 cm³/mol. The van der Waals surface area contributed by atoms with E-state index >= 15 is 0 Å². The molecule has 4 heteroatoms. The van der Waals surface area contributed by atoms with Crippen molar-refractivity contribution in [1.29, 1.82) is 0 Å². The maximum Gasteiger partial charge on any atom is 0.0544 e. The zero-order valence-electron chi connectivity index (χ0n) is 10.5. The molecule has 0 saturated carbocycles. The highest BCUT2D eigenvalue weighted by molar-refractivity contribution is 9.10. The van der Waals surface area contributed by atoms with E-state index in [1.54, 1.807) is 0 Å². The second-order valence-electron chi connectivity index (χ2n) is 5.05. The van der Waals surface area contributed by atoms with Crippen LogP contribution in [-0.4, -0.2) is 35.6 Å². The lowest BCUT2D eigenvalue weighted by atomic mass is 9.90. The summed E-state index contributed by atoms with van der Waals surface area (Å²) >= 11 is 3.41. The van der Waals surface area contributed by atoms with Crippen molar-refractivity contribution in [2.75, 3.05) is 20.1 Å². The van der Waals surface area contributed by atoms with Gasteiger partial charge in [-0.25, -0.2) is 0 Å². The largest absolute Gasteiger partial charge is 0.314 e. The number of rotatable bonds is 3. The predicted octanol–water partition coefficient (Wildman–Crippen LogP) is 2.42. The SMILES string of the molecule is CNC1(C)CCN(Cc2ccc(Br)cn2)CC1. The van der Waals surface area contributed by atoms with Gasteiger partial charge in [0.15, 0.2) is 0 Å². The average Bonchev–Trinajstić information content (AvgIpc) is 2.35. The molecule has 2 rings (SSSR count). The Morgan fingerprint density at radius 3 is 2.65 bits per heavy atom. The van der Waals surface area contributed by atoms with Crippen molar-refractivity contribution in [1.82, 2.24) is 15.2 Å². The quantitative estimate of drug-likeness (QED) is 0.929. The Kier molecular flexibility index (Phi) is 4.17. The summed E-state index contributed by atoms with van der Waals surface area (Å²) in [5.41, 5.74) is 1.48. The zero-order valence-corrected chi connectivity index (χ0v) is 12.1. The standard InChI is InChI=1S/C13H20BrN3/c1-13(15-2)5-7-17(8-6-13)10-12-4-3-11(14)9-16-12/h3-4,9,15H,5-8,10H2,1-2H3. The van der Waals surface area contributed by atoms with Gasteiger partial charge in [0.2, 0.25) is 0 Å². The second kappa shape index (κ2) is 5.46. The van der Waals surface area contributed by atoms with Gasteiger partial charge < -0.3 is 5.32 Å². The van der Waals surface area contributed by atoms with Crippen LogP contribution in [0.1, 0.15) is 25.5 Å². The smallest absolute Gasteiger partial charge is 0.0544 e. The molecular weight excluding hydrogens is 278 g/mol. The summed E-state index contributed by atoms with van der Waals surface area (Å²) < 4.78 is 1.04. The van der Waals surface area contributed by atoms with Crippen LogP contribution in [-0.2, 0) is 6.54 Å². The molecule has 0 bridgehead atoms. The van der Waals surface area contributed by atoms with Gasteiger partial charge >= 0.3 is 0 Å². The van der Waals surface area contributed by atoms with E-state index in [0.717, 1.165) is 29.8 Å². The van der Waals surface area contributed by atoms with Crippen LogP contribution in [0.25, 0.3) is 0 Å². The lowest BCUT2D eigenvalue weighted by Gasteiger charge is -2.39. The van der Waals surface area contributed by atoms with E-state index in [0.29, 0.717) is 5.54 Å². The molecule has 1 aliphatic heterocycles. The first-order valence-electron chi connectivity index (χ1n) is 6.13. The summed E-state index contributed by atoms with van der Waals surface area (Å²) in [4.78, 5) is 6.91. The molecule has 0 atom stereocenters. The Balaban J connectivity index is 1.88. The highest BCUT2D eigenvalue weighted by atomic mass is 79.9. The number of likely N-dealkylation sites (tertiary alicyclic amines) is 1. The molecule has 17 heavy (non-hydrogen) atoms. The van der Waals surface area contributed by atoms with Crippen LogP contribution in [0.5, 0.6) is 0 Å². The Labute approximate surface area is 112 Å². The molecule has 0 radical (unpaired) electrons.